The normalized spacial score (nSPS) is 23.1. The molecule has 0 aliphatic carbocycles. The van der Waals surface area contributed by atoms with Gasteiger partial charge in [-0.3, -0.25) is 4.84 Å². The molecule has 0 aromatic heterocycles. The monoisotopic (exact) mass is 410 g/mol. The van der Waals surface area contributed by atoms with Crippen molar-refractivity contribution in [2.24, 2.45) is 5.90 Å². The predicted octanol–water partition coefficient (Wildman–Crippen LogP) is 1.86. The van der Waals surface area contributed by atoms with Crippen molar-refractivity contribution in [3.05, 3.63) is 53.6 Å². The first-order chi connectivity index (χ1) is 12.8. The molecule has 0 spiro atoms. The molecule has 144 valence electrons. The van der Waals surface area contributed by atoms with Crippen LogP contribution in [0.3, 0.4) is 0 Å². The molecule has 1 aliphatic heterocycles. The number of carbonyl (C=O) groups is 1. The van der Waals surface area contributed by atoms with Crippen LogP contribution in [-0.4, -0.2) is 43.4 Å². The summed E-state index contributed by atoms with van der Waals surface area (Å²) in [5, 5.41) is 11.7. The van der Waals surface area contributed by atoms with Gasteiger partial charge in [-0.25, -0.2) is 19.1 Å². The summed E-state index contributed by atoms with van der Waals surface area (Å²) in [7, 11) is -3.99. The molecule has 0 saturated carbocycles. The molecule has 9 heteroatoms. The van der Waals surface area contributed by atoms with Gasteiger partial charge in [0.1, 0.15) is 5.25 Å². The lowest BCUT2D eigenvalue weighted by Crippen LogP contribution is -2.65. The van der Waals surface area contributed by atoms with Crippen LogP contribution in [0.25, 0.3) is 11.1 Å². The van der Waals surface area contributed by atoms with Gasteiger partial charge in [-0.2, -0.15) is 0 Å². The van der Waals surface area contributed by atoms with Gasteiger partial charge in [0, 0.05) is 11.6 Å². The zero-order chi connectivity index (χ0) is 19.7. The quantitative estimate of drug-likeness (QED) is 0.643. The lowest BCUT2D eigenvalue weighted by atomic mass is 9.93. The van der Waals surface area contributed by atoms with Crippen LogP contribution in [0.1, 0.15) is 6.42 Å². The SMILES string of the molecule is NOC1(C(=O)O)CNCCC1S(=O)(=O)c1ccc(-c2cccc(Cl)c2)cc1. The molecule has 1 heterocycles. The molecule has 4 N–H and O–H groups in total. The molecule has 1 fully saturated rings. The maximum absolute atomic E-state index is 13.1. The van der Waals surface area contributed by atoms with Gasteiger partial charge < -0.3 is 10.4 Å². The van der Waals surface area contributed by atoms with Gasteiger partial charge in [-0.1, -0.05) is 35.9 Å². The van der Waals surface area contributed by atoms with Crippen molar-refractivity contribution in [2.45, 2.75) is 22.2 Å². The number of carboxylic acids is 1. The number of carboxylic acid groups (broad SMARTS) is 1. The molecule has 0 radical (unpaired) electrons. The summed E-state index contributed by atoms with van der Waals surface area (Å²) in [6, 6.07) is 13.4. The summed E-state index contributed by atoms with van der Waals surface area (Å²) in [6.07, 6.45) is 0.0713. The molecule has 2 aromatic rings. The van der Waals surface area contributed by atoms with Crippen LogP contribution in [0.15, 0.2) is 53.4 Å². The minimum Gasteiger partial charge on any atom is -0.479 e. The third-order valence-electron chi connectivity index (χ3n) is 4.78. The van der Waals surface area contributed by atoms with Gasteiger partial charge in [0.25, 0.3) is 0 Å². The molecule has 3 rings (SSSR count). The van der Waals surface area contributed by atoms with Crippen LogP contribution in [-0.2, 0) is 19.5 Å². The summed E-state index contributed by atoms with van der Waals surface area (Å²) in [4.78, 5) is 16.5. The van der Waals surface area contributed by atoms with Crippen molar-refractivity contribution in [2.75, 3.05) is 13.1 Å². The Balaban J connectivity index is 1.98. The molecular weight excluding hydrogens is 392 g/mol. The van der Waals surface area contributed by atoms with Gasteiger partial charge in [0.15, 0.2) is 9.84 Å². The maximum Gasteiger partial charge on any atom is 0.340 e. The Hall–Kier alpha value is -1.97. The van der Waals surface area contributed by atoms with Crippen LogP contribution in [0.5, 0.6) is 0 Å². The molecule has 2 unspecified atom stereocenters. The van der Waals surface area contributed by atoms with Gasteiger partial charge in [-0.15, -0.1) is 0 Å². The minimum atomic E-state index is -3.99. The molecular formula is C18H19ClN2O5S. The zero-order valence-corrected chi connectivity index (χ0v) is 15.8. The lowest BCUT2D eigenvalue weighted by molar-refractivity contribution is -0.168. The molecule has 0 bridgehead atoms. The van der Waals surface area contributed by atoms with Crippen LogP contribution >= 0.6 is 11.6 Å². The third-order valence-corrected chi connectivity index (χ3v) is 7.31. The van der Waals surface area contributed by atoms with Crippen molar-refractivity contribution in [3.63, 3.8) is 0 Å². The number of rotatable bonds is 5. The van der Waals surface area contributed by atoms with E-state index in [1.54, 1.807) is 30.3 Å². The molecule has 0 amide bonds. The molecule has 1 saturated heterocycles. The largest absolute Gasteiger partial charge is 0.479 e. The number of halogens is 1. The number of hydrogen-bond donors (Lipinski definition) is 3. The van der Waals surface area contributed by atoms with Crippen LogP contribution in [0.2, 0.25) is 5.02 Å². The van der Waals surface area contributed by atoms with E-state index in [-0.39, 0.29) is 17.9 Å². The summed E-state index contributed by atoms with van der Waals surface area (Å²) in [6.45, 7) is 0.159. The van der Waals surface area contributed by atoms with Gasteiger partial charge in [0.05, 0.1) is 4.90 Å². The number of nitrogens with one attached hydrogen (secondary N) is 1. The maximum atomic E-state index is 13.1. The molecule has 2 aromatic carbocycles. The van der Waals surface area contributed by atoms with E-state index >= 15 is 0 Å². The van der Waals surface area contributed by atoms with Gasteiger partial charge in [0.2, 0.25) is 5.60 Å². The number of nitrogens with two attached hydrogens (primary N) is 1. The smallest absolute Gasteiger partial charge is 0.340 e. The fourth-order valence-corrected chi connectivity index (χ4v) is 5.51. The number of piperidine rings is 1. The average molecular weight is 411 g/mol. The molecule has 7 nitrogen and oxygen atoms in total. The highest BCUT2D eigenvalue weighted by molar-refractivity contribution is 7.92. The predicted molar refractivity (Wildman–Crippen MR) is 101 cm³/mol. The summed E-state index contributed by atoms with van der Waals surface area (Å²) < 4.78 is 26.2. The molecule has 2 atom stereocenters. The van der Waals surface area contributed by atoms with Crippen molar-refractivity contribution in [3.8, 4) is 11.1 Å². The number of aliphatic carboxylic acids is 1. The number of hydrogen-bond acceptors (Lipinski definition) is 6. The van der Waals surface area contributed by atoms with Crippen LogP contribution < -0.4 is 11.2 Å². The molecule has 1 aliphatic rings. The van der Waals surface area contributed by atoms with E-state index in [0.717, 1.165) is 11.1 Å². The topological polar surface area (TPSA) is 119 Å². The Labute approximate surface area is 162 Å². The Morgan fingerprint density at radius 1 is 1.22 bits per heavy atom. The van der Waals surface area contributed by atoms with Crippen molar-refractivity contribution < 1.29 is 23.2 Å². The van der Waals surface area contributed by atoms with Gasteiger partial charge in [-0.05, 0) is 48.4 Å². The first kappa shape index (κ1) is 19.8. The van der Waals surface area contributed by atoms with E-state index in [0.29, 0.717) is 11.6 Å². The lowest BCUT2D eigenvalue weighted by Gasteiger charge is -2.38. The van der Waals surface area contributed by atoms with E-state index in [4.69, 9.17) is 22.3 Å². The van der Waals surface area contributed by atoms with Crippen molar-refractivity contribution in [1.82, 2.24) is 5.32 Å². The highest BCUT2D eigenvalue weighted by atomic mass is 35.5. The van der Waals surface area contributed by atoms with Crippen LogP contribution in [0.4, 0.5) is 0 Å². The van der Waals surface area contributed by atoms with Crippen molar-refractivity contribution >= 4 is 27.4 Å². The first-order valence-corrected chi connectivity index (χ1v) is 10.2. The summed E-state index contributed by atoms with van der Waals surface area (Å²) >= 11 is 5.99. The number of benzene rings is 2. The summed E-state index contributed by atoms with van der Waals surface area (Å²) in [5.41, 5.74) is -0.400. The number of sulfone groups is 1. The average Bonchev–Trinajstić information content (AvgIpc) is 2.67. The Kier molecular flexibility index (Phi) is 5.55. The second-order valence-corrected chi connectivity index (χ2v) is 8.91. The molecule has 27 heavy (non-hydrogen) atoms. The second-order valence-electron chi connectivity index (χ2n) is 6.35. The highest BCUT2D eigenvalue weighted by Crippen LogP contribution is 2.32. The van der Waals surface area contributed by atoms with E-state index in [1.807, 2.05) is 6.07 Å². The first-order valence-electron chi connectivity index (χ1n) is 8.23. The fourth-order valence-electron chi connectivity index (χ4n) is 3.31. The fraction of sp³-hybridized carbons (Fsp3) is 0.278. The Morgan fingerprint density at radius 3 is 2.52 bits per heavy atom. The van der Waals surface area contributed by atoms with E-state index in [1.165, 1.54) is 12.1 Å². The summed E-state index contributed by atoms with van der Waals surface area (Å²) in [5.74, 6) is 3.81. The standard InChI is InChI=1S/C18H19ClN2O5S/c19-14-3-1-2-13(10-14)12-4-6-15(7-5-12)27(24,25)16-8-9-21-11-18(16,26-20)17(22)23/h1-7,10,16,21H,8-9,11,20H2,(H,22,23). The van der Waals surface area contributed by atoms with Gasteiger partial charge >= 0.3 is 5.97 Å². The van der Waals surface area contributed by atoms with E-state index < -0.39 is 26.7 Å². The minimum absolute atomic E-state index is 0.0165. The Bertz CT molecular complexity index is 948. The second kappa shape index (κ2) is 7.57. The third kappa shape index (κ3) is 3.59. The van der Waals surface area contributed by atoms with E-state index in [9.17, 15) is 18.3 Å². The Morgan fingerprint density at radius 2 is 1.93 bits per heavy atom. The van der Waals surface area contributed by atoms with Crippen molar-refractivity contribution in [1.29, 1.82) is 0 Å². The van der Waals surface area contributed by atoms with Crippen LogP contribution in [0, 0.1) is 0 Å². The van der Waals surface area contributed by atoms with E-state index in [2.05, 4.69) is 5.32 Å². The highest BCUT2D eigenvalue weighted by Gasteiger charge is 2.55. The zero-order valence-electron chi connectivity index (χ0n) is 14.3.